The van der Waals surface area contributed by atoms with E-state index >= 15 is 0 Å². The molecular formula is C18H20O2. The lowest BCUT2D eigenvalue weighted by Gasteiger charge is -2.15. The Balaban J connectivity index is 2.59. The molecule has 1 N–H and O–H groups in total. The summed E-state index contributed by atoms with van der Waals surface area (Å²) in [7, 11) is 0. The largest absolute Gasteiger partial charge is 0.478 e. The number of carboxylic acid groups (broad SMARTS) is 1. The molecule has 0 amide bonds. The zero-order valence-electron chi connectivity index (χ0n) is 12.0. The molecule has 0 saturated carbocycles. The summed E-state index contributed by atoms with van der Waals surface area (Å²) in [5.41, 5.74) is 4.67. The fraction of sp³-hybridized carbons (Fsp3) is 0.278. The zero-order valence-corrected chi connectivity index (χ0v) is 12.0. The number of hydrogen-bond donors (Lipinski definition) is 1. The molecule has 0 unspecified atom stereocenters. The number of benzene rings is 2. The lowest BCUT2D eigenvalue weighted by Crippen LogP contribution is -2.04. The Bertz CT molecular complexity index is 600. The number of rotatable bonds is 5. The summed E-state index contributed by atoms with van der Waals surface area (Å²) in [4.78, 5) is 11.3. The average molecular weight is 268 g/mol. The third kappa shape index (κ3) is 2.90. The summed E-state index contributed by atoms with van der Waals surface area (Å²) >= 11 is 0. The van der Waals surface area contributed by atoms with Crippen LogP contribution in [0.5, 0.6) is 0 Å². The second-order valence-electron chi connectivity index (χ2n) is 5.05. The maximum atomic E-state index is 11.3. The predicted octanol–water partition coefficient (Wildman–Crippen LogP) is 4.70. The molecule has 0 saturated heterocycles. The minimum atomic E-state index is -0.860. The fourth-order valence-electron chi connectivity index (χ4n) is 2.58. The average Bonchev–Trinajstić information content (AvgIpc) is 2.45. The van der Waals surface area contributed by atoms with Gasteiger partial charge in [-0.3, -0.25) is 0 Å². The topological polar surface area (TPSA) is 37.3 Å². The van der Waals surface area contributed by atoms with Crippen LogP contribution in [0.15, 0.2) is 42.5 Å². The van der Waals surface area contributed by atoms with Crippen molar-refractivity contribution >= 4 is 5.97 Å². The molecule has 0 aliphatic carbocycles. The first-order valence-corrected chi connectivity index (χ1v) is 7.06. The zero-order chi connectivity index (χ0) is 14.5. The summed E-state index contributed by atoms with van der Waals surface area (Å²) in [6.07, 6.45) is 3.24. The van der Waals surface area contributed by atoms with Crippen molar-refractivity contribution in [3.8, 4) is 11.1 Å². The van der Waals surface area contributed by atoms with Gasteiger partial charge >= 0.3 is 5.97 Å². The quantitative estimate of drug-likeness (QED) is 0.853. The van der Waals surface area contributed by atoms with Crippen molar-refractivity contribution < 1.29 is 9.90 Å². The second kappa shape index (κ2) is 6.38. The summed E-state index contributed by atoms with van der Waals surface area (Å²) in [6.45, 7) is 4.07. The third-order valence-electron chi connectivity index (χ3n) is 3.64. The summed E-state index contributed by atoms with van der Waals surface area (Å²) in [5, 5.41) is 9.30. The van der Waals surface area contributed by atoms with Crippen LogP contribution < -0.4 is 0 Å². The maximum Gasteiger partial charge on any atom is 0.335 e. The minimum absolute atomic E-state index is 0.393. The molecule has 0 aliphatic rings. The highest BCUT2D eigenvalue weighted by Gasteiger charge is 2.15. The van der Waals surface area contributed by atoms with Gasteiger partial charge in [-0.25, -0.2) is 4.79 Å². The second-order valence-corrected chi connectivity index (χ2v) is 5.05. The Labute approximate surface area is 120 Å². The highest BCUT2D eigenvalue weighted by molar-refractivity contribution is 5.92. The van der Waals surface area contributed by atoms with Crippen LogP contribution in [0.3, 0.4) is 0 Å². The molecule has 0 aromatic heterocycles. The maximum absolute atomic E-state index is 11.3. The van der Waals surface area contributed by atoms with E-state index in [2.05, 4.69) is 6.92 Å². The molecule has 20 heavy (non-hydrogen) atoms. The Morgan fingerprint density at radius 3 is 2.40 bits per heavy atom. The van der Waals surface area contributed by atoms with E-state index in [9.17, 15) is 9.90 Å². The van der Waals surface area contributed by atoms with Gasteiger partial charge in [-0.15, -0.1) is 0 Å². The van der Waals surface area contributed by atoms with Crippen LogP contribution in [0.4, 0.5) is 0 Å². The van der Waals surface area contributed by atoms with Gasteiger partial charge in [0.15, 0.2) is 0 Å². The van der Waals surface area contributed by atoms with E-state index in [1.54, 1.807) is 6.07 Å². The molecule has 0 radical (unpaired) electrons. The molecule has 2 heteroatoms. The van der Waals surface area contributed by atoms with Crippen LogP contribution >= 0.6 is 0 Å². The summed E-state index contributed by atoms with van der Waals surface area (Å²) in [5.74, 6) is -0.860. The number of aryl methyl sites for hydroxylation is 1. The summed E-state index contributed by atoms with van der Waals surface area (Å²) < 4.78 is 0. The molecule has 0 bridgehead atoms. The first-order chi connectivity index (χ1) is 9.65. The molecule has 0 heterocycles. The molecule has 104 valence electrons. The number of aromatic carboxylic acids is 1. The van der Waals surface area contributed by atoms with Gasteiger partial charge in [0.1, 0.15) is 0 Å². The van der Waals surface area contributed by atoms with Crippen LogP contribution in [0.2, 0.25) is 0 Å². The van der Waals surface area contributed by atoms with Crippen molar-refractivity contribution in [1.82, 2.24) is 0 Å². The van der Waals surface area contributed by atoms with Crippen LogP contribution in [0.25, 0.3) is 11.1 Å². The molecular weight excluding hydrogens is 248 g/mol. The monoisotopic (exact) mass is 268 g/mol. The number of unbranched alkanes of at least 4 members (excludes halogenated alkanes) is 1. The van der Waals surface area contributed by atoms with Crippen molar-refractivity contribution in [2.75, 3.05) is 0 Å². The molecule has 2 rings (SSSR count). The standard InChI is InChI=1S/C18H20O2/c1-3-4-8-15-11-12-16(18(19)20)13(2)17(15)14-9-6-5-7-10-14/h5-7,9-12H,3-4,8H2,1-2H3,(H,19,20). The van der Waals surface area contributed by atoms with Gasteiger partial charge in [0, 0.05) is 0 Å². The number of carbonyl (C=O) groups is 1. The third-order valence-corrected chi connectivity index (χ3v) is 3.64. The lowest BCUT2D eigenvalue weighted by molar-refractivity contribution is 0.0696. The van der Waals surface area contributed by atoms with Crippen LogP contribution in [0, 0.1) is 6.92 Å². The smallest absolute Gasteiger partial charge is 0.335 e. The molecule has 2 aromatic carbocycles. The Kier molecular flexibility index (Phi) is 4.57. The van der Waals surface area contributed by atoms with Gasteiger partial charge in [0.2, 0.25) is 0 Å². The van der Waals surface area contributed by atoms with E-state index in [0.717, 1.165) is 36.0 Å². The van der Waals surface area contributed by atoms with Crippen molar-refractivity contribution in [3.63, 3.8) is 0 Å². The molecule has 0 aliphatic heterocycles. The fourth-order valence-corrected chi connectivity index (χ4v) is 2.58. The first kappa shape index (κ1) is 14.3. The highest BCUT2D eigenvalue weighted by Crippen LogP contribution is 2.30. The normalized spacial score (nSPS) is 10.5. The van der Waals surface area contributed by atoms with Crippen LogP contribution in [-0.2, 0) is 6.42 Å². The molecule has 2 nitrogen and oxygen atoms in total. The van der Waals surface area contributed by atoms with E-state index in [-0.39, 0.29) is 0 Å². The molecule has 0 fully saturated rings. The van der Waals surface area contributed by atoms with Crippen molar-refractivity contribution in [2.45, 2.75) is 33.1 Å². The van der Waals surface area contributed by atoms with Gasteiger partial charge in [-0.1, -0.05) is 49.7 Å². The van der Waals surface area contributed by atoms with E-state index in [0.29, 0.717) is 5.56 Å². The Hall–Kier alpha value is -2.09. The van der Waals surface area contributed by atoms with Crippen LogP contribution in [-0.4, -0.2) is 11.1 Å². The Morgan fingerprint density at radius 1 is 1.10 bits per heavy atom. The van der Waals surface area contributed by atoms with E-state index in [1.807, 2.05) is 43.3 Å². The van der Waals surface area contributed by atoms with E-state index in [1.165, 1.54) is 5.56 Å². The predicted molar refractivity (Wildman–Crippen MR) is 82.2 cm³/mol. The SMILES string of the molecule is CCCCc1ccc(C(=O)O)c(C)c1-c1ccccc1. The lowest BCUT2D eigenvalue weighted by atomic mass is 9.89. The minimum Gasteiger partial charge on any atom is -0.478 e. The van der Waals surface area contributed by atoms with Crippen molar-refractivity contribution in [2.24, 2.45) is 0 Å². The molecule has 2 aromatic rings. The van der Waals surface area contributed by atoms with Gasteiger partial charge in [0.25, 0.3) is 0 Å². The highest BCUT2D eigenvalue weighted by atomic mass is 16.4. The van der Waals surface area contributed by atoms with Crippen molar-refractivity contribution in [1.29, 1.82) is 0 Å². The number of hydrogen-bond acceptors (Lipinski definition) is 1. The van der Waals surface area contributed by atoms with Gasteiger partial charge < -0.3 is 5.11 Å². The van der Waals surface area contributed by atoms with E-state index < -0.39 is 5.97 Å². The van der Waals surface area contributed by atoms with Gasteiger partial charge in [0.05, 0.1) is 5.56 Å². The molecule has 0 atom stereocenters. The Morgan fingerprint density at radius 2 is 1.80 bits per heavy atom. The molecule has 0 spiro atoms. The van der Waals surface area contributed by atoms with Crippen LogP contribution in [0.1, 0.15) is 41.3 Å². The first-order valence-electron chi connectivity index (χ1n) is 7.06. The van der Waals surface area contributed by atoms with Crippen molar-refractivity contribution in [3.05, 3.63) is 59.2 Å². The van der Waals surface area contributed by atoms with Gasteiger partial charge in [-0.2, -0.15) is 0 Å². The van der Waals surface area contributed by atoms with E-state index in [4.69, 9.17) is 0 Å². The summed E-state index contributed by atoms with van der Waals surface area (Å²) in [6, 6.07) is 13.7. The van der Waals surface area contributed by atoms with Gasteiger partial charge in [-0.05, 0) is 48.1 Å². The number of carboxylic acids is 1.